The van der Waals surface area contributed by atoms with Gasteiger partial charge in [-0.15, -0.1) is 0 Å². The van der Waals surface area contributed by atoms with E-state index in [1.54, 1.807) is 6.07 Å². The first-order valence-electron chi connectivity index (χ1n) is 12.8. The van der Waals surface area contributed by atoms with Crippen LogP contribution < -0.4 is 0 Å². The summed E-state index contributed by atoms with van der Waals surface area (Å²) in [7, 11) is 0. The summed E-state index contributed by atoms with van der Waals surface area (Å²) >= 11 is 0. The highest BCUT2D eigenvalue weighted by atomic mass is 16.3. The van der Waals surface area contributed by atoms with Gasteiger partial charge in [-0.1, -0.05) is 88.4 Å². The molecule has 4 rings (SSSR count). The molecular formula is C31H34N2O2. The first-order chi connectivity index (χ1) is 17.2. The second-order valence-corrected chi connectivity index (χ2v) is 9.22. The van der Waals surface area contributed by atoms with Crippen molar-refractivity contribution in [2.24, 2.45) is 0 Å². The molecule has 0 fully saturated rings. The van der Waals surface area contributed by atoms with E-state index in [1.165, 1.54) is 25.7 Å². The third kappa shape index (κ3) is 5.47. The van der Waals surface area contributed by atoms with Crippen molar-refractivity contribution in [1.29, 1.82) is 5.26 Å². The number of aliphatic hydroxyl groups is 1. The van der Waals surface area contributed by atoms with E-state index in [9.17, 15) is 10.4 Å². The molecule has 0 radical (unpaired) electrons. The average Bonchev–Trinajstić information content (AvgIpc) is 3.36. The molecule has 180 valence electrons. The molecule has 4 nitrogen and oxygen atoms in total. The highest BCUT2D eigenvalue weighted by molar-refractivity contribution is 5.87. The number of fused-ring (bicyclic) bond motifs is 1. The number of oxazole rings is 1. The molecule has 3 aromatic carbocycles. The van der Waals surface area contributed by atoms with Crippen LogP contribution in [0.3, 0.4) is 0 Å². The van der Waals surface area contributed by atoms with Gasteiger partial charge >= 0.3 is 0 Å². The zero-order chi connectivity index (χ0) is 24.6. The summed E-state index contributed by atoms with van der Waals surface area (Å²) in [6, 6.07) is 22.4. The number of aromatic nitrogens is 1. The highest BCUT2D eigenvalue weighted by Crippen LogP contribution is 2.38. The Labute approximate surface area is 208 Å². The summed E-state index contributed by atoms with van der Waals surface area (Å²) in [5, 5.41) is 20.0. The number of unbranched alkanes of at least 4 members (excludes halogenated alkanes) is 4. The van der Waals surface area contributed by atoms with Crippen molar-refractivity contribution in [2.75, 3.05) is 0 Å². The predicted molar refractivity (Wildman–Crippen MR) is 142 cm³/mol. The molecule has 0 amide bonds. The van der Waals surface area contributed by atoms with Crippen LogP contribution in [0.25, 0.3) is 33.7 Å². The Morgan fingerprint density at radius 1 is 0.914 bits per heavy atom. The fourth-order valence-electron chi connectivity index (χ4n) is 4.96. The maximum absolute atomic E-state index is 10.2. The van der Waals surface area contributed by atoms with Crippen LogP contribution in [0.5, 0.6) is 0 Å². The predicted octanol–water partition coefficient (Wildman–Crippen LogP) is 8.38. The number of benzene rings is 3. The minimum atomic E-state index is -0.113. The molecule has 4 aromatic rings. The van der Waals surface area contributed by atoms with Crippen molar-refractivity contribution in [3.05, 3.63) is 77.4 Å². The molecule has 35 heavy (non-hydrogen) atoms. The maximum Gasteiger partial charge on any atom is 0.227 e. The molecule has 4 heteroatoms. The van der Waals surface area contributed by atoms with Gasteiger partial charge in [-0.2, -0.15) is 5.26 Å². The normalized spacial score (nSPS) is 12.1. The van der Waals surface area contributed by atoms with Gasteiger partial charge in [0.2, 0.25) is 5.89 Å². The third-order valence-corrected chi connectivity index (χ3v) is 6.86. The lowest BCUT2D eigenvalue weighted by atomic mass is 9.86. The number of nitrogens with zero attached hydrogens (tertiary/aromatic N) is 2. The van der Waals surface area contributed by atoms with Crippen LogP contribution in [0.15, 0.2) is 65.1 Å². The summed E-state index contributed by atoms with van der Waals surface area (Å²) in [6.07, 6.45) is 8.12. The summed E-state index contributed by atoms with van der Waals surface area (Å²) < 4.78 is 6.24. The molecule has 1 N–H and O–H groups in total. The Kier molecular flexibility index (Phi) is 8.34. The van der Waals surface area contributed by atoms with E-state index in [2.05, 4.69) is 44.2 Å². The lowest BCUT2D eigenvalue weighted by Crippen LogP contribution is -2.05. The van der Waals surface area contributed by atoms with E-state index in [0.717, 1.165) is 47.1 Å². The zero-order valence-electron chi connectivity index (χ0n) is 20.8. The first-order valence-corrected chi connectivity index (χ1v) is 12.8. The third-order valence-electron chi connectivity index (χ3n) is 6.86. The number of rotatable bonds is 11. The maximum atomic E-state index is 10.2. The van der Waals surface area contributed by atoms with Crippen molar-refractivity contribution in [2.45, 2.75) is 71.3 Å². The molecule has 0 saturated carbocycles. The Morgan fingerprint density at radius 3 is 2.37 bits per heavy atom. The Bertz CT molecular complexity index is 1300. The van der Waals surface area contributed by atoms with Crippen LogP contribution in [0.1, 0.15) is 81.4 Å². The molecule has 1 heterocycles. The van der Waals surface area contributed by atoms with Gasteiger partial charge < -0.3 is 9.52 Å². The van der Waals surface area contributed by atoms with Crippen LogP contribution in [-0.4, -0.2) is 10.1 Å². The van der Waals surface area contributed by atoms with E-state index < -0.39 is 0 Å². The molecule has 0 saturated heterocycles. The van der Waals surface area contributed by atoms with Gasteiger partial charge in [0.25, 0.3) is 0 Å². The monoisotopic (exact) mass is 466 g/mol. The highest BCUT2D eigenvalue weighted by Gasteiger charge is 2.24. The standard InChI is InChI=1S/C31H34N2O2/c1-3-5-6-7-9-13-22(4-2)28-27(21-34)19-26(20-32)30-29(28)33-31(35-30)25-17-12-16-24(18-25)23-14-10-8-11-15-23/h8,10-12,14-19,22,34H,3-7,9,13,21H2,1-2H3. The minimum absolute atomic E-state index is 0.113. The van der Waals surface area contributed by atoms with Crippen LogP contribution >= 0.6 is 0 Å². The fourth-order valence-corrected chi connectivity index (χ4v) is 4.96. The molecule has 0 aliphatic heterocycles. The van der Waals surface area contributed by atoms with Gasteiger partial charge in [-0.25, -0.2) is 4.98 Å². The van der Waals surface area contributed by atoms with E-state index in [4.69, 9.17) is 9.40 Å². The topological polar surface area (TPSA) is 70.0 Å². The number of nitriles is 1. The Hall–Kier alpha value is -3.42. The van der Waals surface area contributed by atoms with Crippen LogP contribution in [0.2, 0.25) is 0 Å². The van der Waals surface area contributed by atoms with E-state index >= 15 is 0 Å². The minimum Gasteiger partial charge on any atom is -0.435 e. The van der Waals surface area contributed by atoms with Gasteiger partial charge in [0.1, 0.15) is 11.6 Å². The summed E-state index contributed by atoms with van der Waals surface area (Å²) in [5.41, 5.74) is 6.55. The van der Waals surface area contributed by atoms with Crippen LogP contribution in [0, 0.1) is 11.3 Å². The second kappa shape index (κ2) is 11.8. The second-order valence-electron chi connectivity index (χ2n) is 9.22. The molecule has 0 aliphatic carbocycles. The SMILES string of the molecule is CCCCCCCC(CC)c1c(CO)cc(C#N)c2oc(-c3cccc(-c4ccccc4)c3)nc12. The van der Waals surface area contributed by atoms with E-state index in [1.807, 2.05) is 30.3 Å². The smallest absolute Gasteiger partial charge is 0.227 e. The van der Waals surface area contributed by atoms with Gasteiger partial charge in [0.05, 0.1) is 12.2 Å². The molecule has 1 atom stereocenters. The van der Waals surface area contributed by atoms with Gasteiger partial charge in [-0.05, 0) is 59.2 Å². The zero-order valence-corrected chi connectivity index (χ0v) is 20.8. The van der Waals surface area contributed by atoms with Crippen molar-refractivity contribution in [3.8, 4) is 28.7 Å². The molecular weight excluding hydrogens is 432 g/mol. The number of aliphatic hydroxyl groups excluding tert-OH is 1. The van der Waals surface area contributed by atoms with Gasteiger partial charge in [0.15, 0.2) is 5.58 Å². The molecule has 0 spiro atoms. The molecule has 0 aliphatic rings. The van der Waals surface area contributed by atoms with Crippen molar-refractivity contribution in [1.82, 2.24) is 4.98 Å². The van der Waals surface area contributed by atoms with E-state index in [0.29, 0.717) is 22.6 Å². The summed E-state index contributed by atoms with van der Waals surface area (Å²) in [5.74, 6) is 0.769. The fraction of sp³-hybridized carbons (Fsp3) is 0.355. The van der Waals surface area contributed by atoms with Gasteiger partial charge in [0, 0.05) is 5.56 Å². The molecule has 1 unspecified atom stereocenters. The Balaban J connectivity index is 1.77. The number of hydrogen-bond acceptors (Lipinski definition) is 4. The lowest BCUT2D eigenvalue weighted by Gasteiger charge is -2.19. The van der Waals surface area contributed by atoms with Crippen molar-refractivity contribution < 1.29 is 9.52 Å². The van der Waals surface area contributed by atoms with E-state index in [-0.39, 0.29) is 12.5 Å². The Morgan fingerprint density at radius 2 is 1.66 bits per heavy atom. The van der Waals surface area contributed by atoms with Crippen LogP contribution in [0.4, 0.5) is 0 Å². The largest absolute Gasteiger partial charge is 0.435 e. The molecule has 0 bridgehead atoms. The average molecular weight is 467 g/mol. The lowest BCUT2D eigenvalue weighted by molar-refractivity contribution is 0.279. The quantitative estimate of drug-likeness (QED) is 0.225. The summed E-state index contributed by atoms with van der Waals surface area (Å²) in [4.78, 5) is 4.93. The van der Waals surface area contributed by atoms with Crippen molar-refractivity contribution in [3.63, 3.8) is 0 Å². The summed E-state index contributed by atoms with van der Waals surface area (Å²) in [6.45, 7) is 4.30. The number of hydrogen-bond donors (Lipinski definition) is 1. The van der Waals surface area contributed by atoms with Gasteiger partial charge in [-0.3, -0.25) is 0 Å². The first kappa shape index (κ1) is 24.7. The van der Waals surface area contributed by atoms with Crippen molar-refractivity contribution >= 4 is 11.1 Å². The molecule has 1 aromatic heterocycles. The van der Waals surface area contributed by atoms with Crippen LogP contribution in [-0.2, 0) is 6.61 Å².